The zero-order valence-electron chi connectivity index (χ0n) is 13.3. The van der Waals surface area contributed by atoms with Gasteiger partial charge in [0.2, 0.25) is 0 Å². The zero-order valence-corrected chi connectivity index (χ0v) is 13.3. The molecule has 21 heavy (non-hydrogen) atoms. The van der Waals surface area contributed by atoms with E-state index in [1.165, 1.54) is 12.0 Å². The van der Waals surface area contributed by atoms with Gasteiger partial charge in [0, 0.05) is 20.3 Å². The normalized spacial score (nSPS) is 12.5. The van der Waals surface area contributed by atoms with E-state index in [0.717, 1.165) is 25.0 Å². The molecular formula is C17H29NO3. The van der Waals surface area contributed by atoms with Gasteiger partial charge in [0.05, 0.1) is 25.9 Å². The number of benzene rings is 1. The van der Waals surface area contributed by atoms with Crippen LogP contribution < -0.4 is 5.73 Å². The molecule has 0 amide bonds. The Morgan fingerprint density at radius 3 is 2.38 bits per heavy atom. The van der Waals surface area contributed by atoms with Crippen molar-refractivity contribution in [3.63, 3.8) is 0 Å². The van der Waals surface area contributed by atoms with Gasteiger partial charge in [-0.05, 0) is 24.0 Å². The second-order valence-electron chi connectivity index (χ2n) is 5.13. The molecule has 1 rings (SSSR count). The maximum Gasteiger partial charge on any atom is 0.0701 e. The van der Waals surface area contributed by atoms with Crippen molar-refractivity contribution in [2.45, 2.75) is 32.2 Å². The highest BCUT2D eigenvalue weighted by atomic mass is 16.5. The molecule has 0 aromatic heterocycles. The van der Waals surface area contributed by atoms with E-state index < -0.39 is 0 Å². The topological polar surface area (TPSA) is 53.7 Å². The van der Waals surface area contributed by atoms with Crippen molar-refractivity contribution in [2.24, 2.45) is 5.73 Å². The fraction of sp³-hybridized carbons (Fsp3) is 0.647. The standard InChI is InChI=1S/C17H29NO3/c1-3-5-15-6-8-16(9-7-15)17(18)14-21-13-12-20-11-4-10-19-2/h6-9,17H,3-5,10-14,18H2,1-2H3. The van der Waals surface area contributed by atoms with Gasteiger partial charge < -0.3 is 19.9 Å². The van der Waals surface area contributed by atoms with Crippen LogP contribution in [0, 0.1) is 0 Å². The van der Waals surface area contributed by atoms with Crippen LogP contribution >= 0.6 is 0 Å². The van der Waals surface area contributed by atoms with Gasteiger partial charge in [-0.1, -0.05) is 37.6 Å². The highest BCUT2D eigenvalue weighted by Crippen LogP contribution is 2.13. The molecule has 2 N–H and O–H groups in total. The van der Waals surface area contributed by atoms with Crippen LogP contribution in [0.2, 0.25) is 0 Å². The predicted molar refractivity (Wildman–Crippen MR) is 85.5 cm³/mol. The SMILES string of the molecule is CCCc1ccc(C(N)COCCOCCCOC)cc1. The van der Waals surface area contributed by atoms with Crippen molar-refractivity contribution in [3.8, 4) is 0 Å². The molecule has 0 saturated heterocycles. The summed E-state index contributed by atoms with van der Waals surface area (Å²) in [5.41, 5.74) is 8.60. The summed E-state index contributed by atoms with van der Waals surface area (Å²) in [7, 11) is 1.69. The van der Waals surface area contributed by atoms with Gasteiger partial charge in [-0.3, -0.25) is 0 Å². The lowest BCUT2D eigenvalue weighted by Gasteiger charge is -2.13. The van der Waals surface area contributed by atoms with Crippen molar-refractivity contribution in [1.29, 1.82) is 0 Å². The van der Waals surface area contributed by atoms with Crippen molar-refractivity contribution in [2.75, 3.05) is 40.1 Å². The van der Waals surface area contributed by atoms with E-state index in [1.807, 2.05) is 0 Å². The number of hydrogen-bond acceptors (Lipinski definition) is 4. The largest absolute Gasteiger partial charge is 0.385 e. The Morgan fingerprint density at radius 2 is 1.71 bits per heavy atom. The molecule has 1 atom stereocenters. The summed E-state index contributed by atoms with van der Waals surface area (Å²) in [6, 6.07) is 8.42. The molecule has 0 spiro atoms. The first-order chi connectivity index (χ1) is 10.3. The number of rotatable bonds is 12. The lowest BCUT2D eigenvalue weighted by atomic mass is 10.0. The van der Waals surface area contributed by atoms with Crippen LogP contribution in [0.4, 0.5) is 0 Å². The molecule has 0 bridgehead atoms. The Labute approximate surface area is 128 Å². The summed E-state index contributed by atoms with van der Waals surface area (Å²) in [6.45, 7) is 5.34. The fourth-order valence-electron chi connectivity index (χ4n) is 2.05. The van der Waals surface area contributed by atoms with Gasteiger partial charge in [0.25, 0.3) is 0 Å². The maximum absolute atomic E-state index is 6.12. The zero-order chi connectivity index (χ0) is 15.3. The molecule has 0 aliphatic heterocycles. The monoisotopic (exact) mass is 295 g/mol. The molecular weight excluding hydrogens is 266 g/mol. The minimum Gasteiger partial charge on any atom is -0.385 e. The molecule has 0 fully saturated rings. The molecule has 0 saturated carbocycles. The summed E-state index contributed by atoms with van der Waals surface area (Å²) in [6.07, 6.45) is 3.20. The van der Waals surface area contributed by atoms with Gasteiger partial charge in [0.1, 0.15) is 0 Å². The van der Waals surface area contributed by atoms with Crippen molar-refractivity contribution in [3.05, 3.63) is 35.4 Å². The Kier molecular flexibility index (Phi) is 10.1. The molecule has 4 nitrogen and oxygen atoms in total. The summed E-state index contributed by atoms with van der Waals surface area (Å²) in [5.74, 6) is 0. The van der Waals surface area contributed by atoms with Crippen LogP contribution in [0.3, 0.4) is 0 Å². The number of aryl methyl sites for hydroxylation is 1. The van der Waals surface area contributed by atoms with Gasteiger partial charge in [0.15, 0.2) is 0 Å². The van der Waals surface area contributed by atoms with Crippen LogP contribution in [0.1, 0.15) is 36.9 Å². The molecule has 0 aliphatic rings. The van der Waals surface area contributed by atoms with Crippen LogP contribution in [0.15, 0.2) is 24.3 Å². The van der Waals surface area contributed by atoms with E-state index in [1.54, 1.807) is 7.11 Å². The Balaban J connectivity index is 2.11. The lowest BCUT2D eigenvalue weighted by Crippen LogP contribution is -2.19. The van der Waals surface area contributed by atoms with Gasteiger partial charge >= 0.3 is 0 Å². The third-order valence-corrected chi connectivity index (χ3v) is 3.25. The quantitative estimate of drug-likeness (QED) is 0.602. The van der Waals surface area contributed by atoms with Crippen LogP contribution in [0.5, 0.6) is 0 Å². The molecule has 120 valence electrons. The Morgan fingerprint density at radius 1 is 1.00 bits per heavy atom. The van der Waals surface area contributed by atoms with Crippen LogP contribution in [0.25, 0.3) is 0 Å². The summed E-state index contributed by atoms with van der Waals surface area (Å²) in [5, 5.41) is 0. The summed E-state index contributed by atoms with van der Waals surface area (Å²) in [4.78, 5) is 0. The number of methoxy groups -OCH3 is 1. The average molecular weight is 295 g/mol. The molecule has 1 aromatic carbocycles. The van der Waals surface area contributed by atoms with E-state index in [-0.39, 0.29) is 6.04 Å². The first kappa shape index (κ1) is 18.1. The van der Waals surface area contributed by atoms with E-state index >= 15 is 0 Å². The van der Waals surface area contributed by atoms with Gasteiger partial charge in [-0.2, -0.15) is 0 Å². The second kappa shape index (κ2) is 11.7. The third kappa shape index (κ3) is 8.17. The van der Waals surface area contributed by atoms with Gasteiger partial charge in [-0.25, -0.2) is 0 Å². The molecule has 0 heterocycles. The number of nitrogens with two attached hydrogens (primary N) is 1. The Bertz CT molecular complexity index is 354. The van der Waals surface area contributed by atoms with E-state index in [4.69, 9.17) is 19.9 Å². The van der Waals surface area contributed by atoms with E-state index in [2.05, 4.69) is 31.2 Å². The number of ether oxygens (including phenoxy) is 3. The van der Waals surface area contributed by atoms with Crippen LogP contribution in [-0.2, 0) is 20.6 Å². The van der Waals surface area contributed by atoms with Crippen molar-refractivity contribution in [1.82, 2.24) is 0 Å². The first-order valence-corrected chi connectivity index (χ1v) is 7.76. The fourth-order valence-corrected chi connectivity index (χ4v) is 2.05. The molecule has 4 heteroatoms. The van der Waals surface area contributed by atoms with Gasteiger partial charge in [-0.15, -0.1) is 0 Å². The minimum atomic E-state index is -0.0748. The van der Waals surface area contributed by atoms with E-state index in [9.17, 15) is 0 Å². The second-order valence-corrected chi connectivity index (χ2v) is 5.13. The summed E-state index contributed by atoms with van der Waals surface area (Å²) < 4.78 is 15.9. The molecule has 1 aromatic rings. The number of hydrogen-bond donors (Lipinski definition) is 1. The Hall–Kier alpha value is -0.940. The first-order valence-electron chi connectivity index (χ1n) is 7.76. The smallest absolute Gasteiger partial charge is 0.0701 e. The van der Waals surface area contributed by atoms with Crippen LogP contribution in [-0.4, -0.2) is 40.1 Å². The predicted octanol–water partition coefficient (Wildman–Crippen LogP) is 2.71. The minimum absolute atomic E-state index is 0.0748. The maximum atomic E-state index is 6.12. The van der Waals surface area contributed by atoms with E-state index in [0.29, 0.717) is 26.4 Å². The molecule has 0 radical (unpaired) electrons. The van der Waals surface area contributed by atoms with Crippen molar-refractivity contribution < 1.29 is 14.2 Å². The summed E-state index contributed by atoms with van der Waals surface area (Å²) >= 11 is 0. The molecule has 0 aliphatic carbocycles. The molecule has 1 unspecified atom stereocenters. The average Bonchev–Trinajstić information content (AvgIpc) is 2.51. The highest BCUT2D eigenvalue weighted by Gasteiger charge is 2.05. The van der Waals surface area contributed by atoms with Crippen molar-refractivity contribution >= 4 is 0 Å². The third-order valence-electron chi connectivity index (χ3n) is 3.25. The lowest BCUT2D eigenvalue weighted by molar-refractivity contribution is 0.0355. The highest BCUT2D eigenvalue weighted by molar-refractivity contribution is 5.24.